The van der Waals surface area contributed by atoms with E-state index in [1.807, 2.05) is 19.2 Å². The fraction of sp³-hybridized carbons (Fsp3) is 0.600. The van der Waals surface area contributed by atoms with E-state index >= 15 is 0 Å². The number of halogens is 1. The average molecular weight is 328 g/mol. The zero-order valence-electron chi connectivity index (χ0n) is 12.0. The van der Waals surface area contributed by atoms with Gasteiger partial charge in [0.2, 0.25) is 0 Å². The third kappa shape index (κ3) is 3.50. The highest BCUT2D eigenvalue weighted by atomic mass is 79.9. The van der Waals surface area contributed by atoms with Crippen molar-refractivity contribution in [3.05, 3.63) is 28.2 Å². The van der Waals surface area contributed by atoms with Crippen LogP contribution in [0.3, 0.4) is 0 Å². The van der Waals surface area contributed by atoms with Crippen LogP contribution in [0, 0.1) is 0 Å². The number of methoxy groups -OCH3 is 1. The summed E-state index contributed by atoms with van der Waals surface area (Å²) in [5, 5.41) is 3.38. The topological polar surface area (TPSA) is 30.5 Å². The number of fused-ring (bicyclic) bond motifs is 1. The van der Waals surface area contributed by atoms with Gasteiger partial charge in [0.05, 0.1) is 5.60 Å². The molecule has 0 bridgehead atoms. The van der Waals surface area contributed by atoms with E-state index in [0.29, 0.717) is 6.04 Å². The summed E-state index contributed by atoms with van der Waals surface area (Å²) in [7, 11) is 3.75. The van der Waals surface area contributed by atoms with Crippen molar-refractivity contribution in [2.45, 2.75) is 44.4 Å². The standard InChI is InChI=1S/C15H22BrNO2/c1-15(2,18-4)9-11-8-13(17-3)12-7-10(16)5-6-14(12)19-11/h5-7,11,13,17H,8-9H2,1-4H3. The van der Waals surface area contributed by atoms with E-state index in [9.17, 15) is 0 Å². The first-order valence-corrected chi connectivity index (χ1v) is 7.43. The lowest BCUT2D eigenvalue weighted by Crippen LogP contribution is -2.37. The van der Waals surface area contributed by atoms with Crippen molar-refractivity contribution in [2.24, 2.45) is 0 Å². The molecule has 19 heavy (non-hydrogen) atoms. The van der Waals surface area contributed by atoms with Crippen LogP contribution >= 0.6 is 15.9 Å². The molecule has 1 aliphatic heterocycles. The van der Waals surface area contributed by atoms with Gasteiger partial charge in [-0.15, -0.1) is 0 Å². The summed E-state index contributed by atoms with van der Waals surface area (Å²) in [6.07, 6.45) is 2.03. The van der Waals surface area contributed by atoms with Gasteiger partial charge in [0.25, 0.3) is 0 Å². The zero-order valence-corrected chi connectivity index (χ0v) is 13.6. The summed E-state index contributed by atoms with van der Waals surface area (Å²) >= 11 is 3.52. The highest BCUT2D eigenvalue weighted by molar-refractivity contribution is 9.10. The van der Waals surface area contributed by atoms with E-state index in [2.05, 4.69) is 41.2 Å². The molecule has 0 fully saturated rings. The van der Waals surface area contributed by atoms with E-state index in [4.69, 9.17) is 9.47 Å². The van der Waals surface area contributed by atoms with Gasteiger partial charge in [0, 0.05) is 36.0 Å². The van der Waals surface area contributed by atoms with Crippen LogP contribution in [-0.4, -0.2) is 25.9 Å². The van der Waals surface area contributed by atoms with Crippen molar-refractivity contribution in [1.29, 1.82) is 0 Å². The van der Waals surface area contributed by atoms with Gasteiger partial charge >= 0.3 is 0 Å². The van der Waals surface area contributed by atoms with Crippen molar-refractivity contribution in [3.8, 4) is 5.75 Å². The Labute approximate surface area is 123 Å². The molecule has 0 aliphatic carbocycles. The first-order chi connectivity index (χ1) is 8.95. The highest BCUT2D eigenvalue weighted by Gasteiger charge is 2.31. The lowest BCUT2D eigenvalue weighted by atomic mass is 9.90. The minimum absolute atomic E-state index is 0.157. The second-order valence-electron chi connectivity index (χ2n) is 5.67. The normalized spacial score (nSPS) is 22.8. The number of ether oxygens (including phenoxy) is 2. The van der Waals surface area contributed by atoms with Crippen LogP contribution in [0.2, 0.25) is 0 Å². The summed E-state index contributed by atoms with van der Waals surface area (Å²) < 4.78 is 12.7. The molecule has 1 heterocycles. The Hall–Kier alpha value is -0.580. The number of hydrogen-bond donors (Lipinski definition) is 1. The molecule has 2 unspecified atom stereocenters. The fourth-order valence-corrected chi connectivity index (χ4v) is 2.93. The molecule has 0 spiro atoms. The molecule has 106 valence electrons. The summed E-state index contributed by atoms with van der Waals surface area (Å²) in [5.41, 5.74) is 1.07. The molecule has 0 aromatic heterocycles. The van der Waals surface area contributed by atoms with Crippen LogP contribution in [0.15, 0.2) is 22.7 Å². The molecule has 1 aromatic carbocycles. The SMILES string of the molecule is CNC1CC(CC(C)(C)OC)Oc2ccc(Br)cc21. The first-order valence-electron chi connectivity index (χ1n) is 6.63. The van der Waals surface area contributed by atoms with E-state index < -0.39 is 0 Å². The average Bonchev–Trinajstić information content (AvgIpc) is 2.38. The number of nitrogens with one attached hydrogen (secondary N) is 1. The van der Waals surface area contributed by atoms with Crippen LogP contribution in [-0.2, 0) is 4.74 Å². The summed E-state index contributed by atoms with van der Waals surface area (Å²) in [4.78, 5) is 0. The molecule has 1 aliphatic rings. The van der Waals surface area contributed by atoms with E-state index in [1.165, 1.54) is 5.56 Å². The molecule has 3 nitrogen and oxygen atoms in total. The number of hydrogen-bond acceptors (Lipinski definition) is 3. The maximum absolute atomic E-state index is 6.12. The summed E-state index contributed by atoms with van der Waals surface area (Å²) in [5.74, 6) is 0.978. The lowest BCUT2D eigenvalue weighted by Gasteiger charge is -2.36. The molecule has 4 heteroatoms. The van der Waals surface area contributed by atoms with Crippen molar-refractivity contribution in [2.75, 3.05) is 14.2 Å². The van der Waals surface area contributed by atoms with E-state index in [1.54, 1.807) is 7.11 Å². The highest BCUT2D eigenvalue weighted by Crippen LogP contribution is 2.38. The maximum atomic E-state index is 6.12. The van der Waals surface area contributed by atoms with Crippen molar-refractivity contribution in [1.82, 2.24) is 5.32 Å². The molecule has 2 rings (SSSR count). The van der Waals surface area contributed by atoms with Crippen LogP contribution in [0.1, 0.15) is 38.3 Å². The molecule has 0 amide bonds. The third-order valence-electron chi connectivity index (χ3n) is 3.76. The summed E-state index contributed by atoms with van der Waals surface area (Å²) in [6.45, 7) is 4.20. The van der Waals surface area contributed by atoms with E-state index in [-0.39, 0.29) is 11.7 Å². The van der Waals surface area contributed by atoms with Crippen LogP contribution in [0.4, 0.5) is 0 Å². The van der Waals surface area contributed by atoms with Crippen LogP contribution < -0.4 is 10.1 Å². The Morgan fingerprint density at radius 1 is 1.47 bits per heavy atom. The first kappa shape index (κ1) is 14.8. The molecule has 0 saturated carbocycles. The summed E-state index contributed by atoms with van der Waals surface area (Å²) in [6, 6.07) is 6.53. The molecule has 2 atom stereocenters. The van der Waals surface area contributed by atoms with Gasteiger partial charge in [0.1, 0.15) is 11.9 Å². The van der Waals surface area contributed by atoms with Crippen molar-refractivity contribution < 1.29 is 9.47 Å². The minimum atomic E-state index is -0.157. The van der Waals surface area contributed by atoms with Gasteiger partial charge in [-0.3, -0.25) is 0 Å². The van der Waals surface area contributed by atoms with Crippen LogP contribution in [0.5, 0.6) is 5.75 Å². The largest absolute Gasteiger partial charge is 0.490 e. The molecule has 0 saturated heterocycles. The predicted octanol–water partition coefficient (Wildman–Crippen LogP) is 3.68. The Balaban J connectivity index is 2.20. The quantitative estimate of drug-likeness (QED) is 0.915. The Morgan fingerprint density at radius 3 is 2.84 bits per heavy atom. The smallest absolute Gasteiger partial charge is 0.124 e. The number of benzene rings is 1. The molecular weight excluding hydrogens is 306 g/mol. The maximum Gasteiger partial charge on any atom is 0.124 e. The van der Waals surface area contributed by atoms with Crippen LogP contribution in [0.25, 0.3) is 0 Å². The van der Waals surface area contributed by atoms with Crippen molar-refractivity contribution in [3.63, 3.8) is 0 Å². The van der Waals surface area contributed by atoms with Gasteiger partial charge < -0.3 is 14.8 Å². The van der Waals surface area contributed by atoms with Gasteiger partial charge in [0.15, 0.2) is 0 Å². The van der Waals surface area contributed by atoms with Gasteiger partial charge in [-0.2, -0.15) is 0 Å². The molecular formula is C15H22BrNO2. The fourth-order valence-electron chi connectivity index (χ4n) is 2.55. The predicted molar refractivity (Wildman–Crippen MR) is 80.7 cm³/mol. The Bertz CT molecular complexity index is 448. The minimum Gasteiger partial charge on any atom is -0.490 e. The number of rotatable bonds is 4. The molecule has 1 N–H and O–H groups in total. The Kier molecular flexibility index (Phi) is 4.54. The van der Waals surface area contributed by atoms with Gasteiger partial charge in [-0.1, -0.05) is 15.9 Å². The van der Waals surface area contributed by atoms with Gasteiger partial charge in [-0.25, -0.2) is 0 Å². The Morgan fingerprint density at radius 2 is 2.21 bits per heavy atom. The van der Waals surface area contributed by atoms with Crippen molar-refractivity contribution >= 4 is 15.9 Å². The molecule has 1 aromatic rings. The monoisotopic (exact) mass is 327 g/mol. The third-order valence-corrected chi connectivity index (χ3v) is 4.25. The second-order valence-corrected chi connectivity index (χ2v) is 6.58. The zero-order chi connectivity index (χ0) is 14.0. The van der Waals surface area contributed by atoms with Gasteiger partial charge in [-0.05, 0) is 39.1 Å². The lowest BCUT2D eigenvalue weighted by molar-refractivity contribution is -0.0203. The second kappa shape index (κ2) is 5.81. The van der Waals surface area contributed by atoms with E-state index in [0.717, 1.165) is 23.1 Å². The molecule has 0 radical (unpaired) electrons.